The van der Waals surface area contributed by atoms with E-state index in [1.807, 2.05) is 24.3 Å². The van der Waals surface area contributed by atoms with E-state index in [-0.39, 0.29) is 5.57 Å². The molecular weight excluding hydrogens is 306 g/mol. The second-order valence-corrected chi connectivity index (χ2v) is 4.92. The fourth-order valence-electron chi connectivity index (χ4n) is 1.72. The van der Waals surface area contributed by atoms with E-state index in [1.165, 1.54) is 0 Å². The summed E-state index contributed by atoms with van der Waals surface area (Å²) in [4.78, 5) is 11.4. The molecule has 19 heavy (non-hydrogen) atoms. The van der Waals surface area contributed by atoms with Crippen LogP contribution in [-0.2, 0) is 4.79 Å². The number of carboxylic acid groups (broad SMARTS) is 1. The molecule has 4 heteroatoms. The number of benzene rings is 2. The van der Waals surface area contributed by atoms with Gasteiger partial charge in [0.2, 0.25) is 0 Å². The number of halogens is 1. The predicted octanol–water partition coefficient (Wildman–Crippen LogP) is 3.66. The van der Waals surface area contributed by atoms with Crippen molar-refractivity contribution < 1.29 is 9.90 Å². The zero-order valence-corrected chi connectivity index (χ0v) is 11.6. The van der Waals surface area contributed by atoms with Gasteiger partial charge in [0.05, 0.1) is 5.57 Å². The van der Waals surface area contributed by atoms with Gasteiger partial charge in [-0.25, -0.2) is 4.79 Å². The largest absolute Gasteiger partial charge is 0.478 e. The van der Waals surface area contributed by atoms with Crippen molar-refractivity contribution in [1.82, 2.24) is 0 Å². The Morgan fingerprint density at radius 1 is 1.11 bits per heavy atom. The molecule has 0 amide bonds. The molecule has 2 aromatic carbocycles. The van der Waals surface area contributed by atoms with Gasteiger partial charge in [-0.3, -0.25) is 0 Å². The number of rotatable bonds is 3. The molecule has 0 aliphatic carbocycles. The molecule has 0 aliphatic heterocycles. The second-order valence-electron chi connectivity index (χ2n) is 4.00. The van der Waals surface area contributed by atoms with E-state index < -0.39 is 5.97 Å². The van der Waals surface area contributed by atoms with Crippen molar-refractivity contribution in [3.05, 3.63) is 64.1 Å². The van der Waals surface area contributed by atoms with Gasteiger partial charge in [-0.2, -0.15) is 0 Å². The van der Waals surface area contributed by atoms with E-state index in [0.29, 0.717) is 11.3 Å². The summed E-state index contributed by atoms with van der Waals surface area (Å²) in [6, 6.07) is 14.3. The van der Waals surface area contributed by atoms with Crippen LogP contribution < -0.4 is 5.73 Å². The Labute approximate surface area is 119 Å². The van der Waals surface area contributed by atoms with E-state index in [2.05, 4.69) is 15.9 Å². The Hall–Kier alpha value is -2.07. The first-order chi connectivity index (χ1) is 9.08. The molecule has 3 N–H and O–H groups in total. The highest BCUT2D eigenvalue weighted by atomic mass is 79.9. The number of carboxylic acids is 1. The number of anilines is 1. The normalized spacial score (nSPS) is 11.3. The van der Waals surface area contributed by atoms with Crippen LogP contribution >= 0.6 is 15.9 Å². The maximum Gasteiger partial charge on any atom is 0.336 e. The van der Waals surface area contributed by atoms with E-state index in [1.54, 1.807) is 30.3 Å². The summed E-state index contributed by atoms with van der Waals surface area (Å²) >= 11 is 3.34. The number of nitrogen functional groups attached to an aromatic ring is 1. The number of aliphatic carboxylic acids is 1. The molecule has 0 heterocycles. The van der Waals surface area contributed by atoms with E-state index in [9.17, 15) is 9.90 Å². The summed E-state index contributed by atoms with van der Waals surface area (Å²) in [6.45, 7) is 0. The second kappa shape index (κ2) is 5.71. The van der Waals surface area contributed by atoms with Crippen molar-refractivity contribution >= 4 is 39.2 Å². The molecule has 0 fully saturated rings. The van der Waals surface area contributed by atoms with Crippen LogP contribution in [0, 0.1) is 0 Å². The third kappa shape index (κ3) is 3.23. The Kier molecular flexibility index (Phi) is 4.02. The minimum atomic E-state index is -0.999. The minimum absolute atomic E-state index is 0.181. The molecule has 2 aromatic rings. The number of nitrogens with two attached hydrogens (primary N) is 1. The van der Waals surface area contributed by atoms with Crippen molar-refractivity contribution in [2.24, 2.45) is 0 Å². The maximum atomic E-state index is 11.4. The number of para-hydroxylation sites is 1. The average Bonchev–Trinajstić information content (AvgIpc) is 2.39. The van der Waals surface area contributed by atoms with Gasteiger partial charge in [0.25, 0.3) is 0 Å². The molecule has 0 radical (unpaired) electrons. The van der Waals surface area contributed by atoms with Gasteiger partial charge in [0.15, 0.2) is 0 Å². The summed E-state index contributed by atoms with van der Waals surface area (Å²) < 4.78 is 0.945. The van der Waals surface area contributed by atoms with Gasteiger partial charge in [0, 0.05) is 15.7 Å². The van der Waals surface area contributed by atoms with Gasteiger partial charge in [0.1, 0.15) is 0 Å². The predicted molar refractivity (Wildman–Crippen MR) is 80.5 cm³/mol. The molecule has 0 saturated heterocycles. The molecule has 96 valence electrons. The van der Waals surface area contributed by atoms with Crippen molar-refractivity contribution in [2.45, 2.75) is 0 Å². The molecule has 0 bridgehead atoms. The van der Waals surface area contributed by atoms with E-state index >= 15 is 0 Å². The first-order valence-corrected chi connectivity index (χ1v) is 6.42. The number of carbonyl (C=O) groups is 1. The van der Waals surface area contributed by atoms with Crippen molar-refractivity contribution in [1.29, 1.82) is 0 Å². The lowest BCUT2D eigenvalue weighted by Crippen LogP contribution is -2.02. The van der Waals surface area contributed by atoms with Crippen LogP contribution in [0.2, 0.25) is 0 Å². The van der Waals surface area contributed by atoms with Crippen LogP contribution in [-0.4, -0.2) is 11.1 Å². The zero-order chi connectivity index (χ0) is 13.8. The average molecular weight is 318 g/mol. The third-order valence-electron chi connectivity index (χ3n) is 2.66. The van der Waals surface area contributed by atoms with Crippen LogP contribution in [0.3, 0.4) is 0 Å². The highest BCUT2D eigenvalue weighted by Gasteiger charge is 2.12. The lowest BCUT2D eigenvalue weighted by molar-refractivity contribution is -0.130. The molecule has 0 aliphatic rings. The molecule has 3 nitrogen and oxygen atoms in total. The Bertz CT molecular complexity index is 633. The summed E-state index contributed by atoms with van der Waals surface area (Å²) in [5.41, 5.74) is 7.79. The SMILES string of the molecule is Nc1ccccc1/C(=C\c1ccc(Br)cc1)C(=O)O. The number of hydrogen-bond acceptors (Lipinski definition) is 2. The van der Waals surface area contributed by atoms with Gasteiger partial charge >= 0.3 is 5.97 Å². The molecule has 0 spiro atoms. The number of hydrogen-bond donors (Lipinski definition) is 2. The Morgan fingerprint density at radius 2 is 1.74 bits per heavy atom. The van der Waals surface area contributed by atoms with Gasteiger partial charge < -0.3 is 10.8 Å². The fourth-order valence-corrected chi connectivity index (χ4v) is 1.99. The standard InChI is InChI=1S/C15H12BrNO2/c16-11-7-5-10(6-8-11)9-13(15(18)19)12-3-1-2-4-14(12)17/h1-9H,17H2,(H,18,19)/b13-9+. The molecule has 0 saturated carbocycles. The van der Waals surface area contributed by atoms with Crippen molar-refractivity contribution in [3.63, 3.8) is 0 Å². The van der Waals surface area contributed by atoms with Crippen LogP contribution in [0.15, 0.2) is 53.0 Å². The van der Waals surface area contributed by atoms with Crippen molar-refractivity contribution in [3.8, 4) is 0 Å². The maximum absolute atomic E-state index is 11.4. The summed E-state index contributed by atoms with van der Waals surface area (Å²) in [6.07, 6.45) is 1.61. The lowest BCUT2D eigenvalue weighted by atomic mass is 10.0. The van der Waals surface area contributed by atoms with Crippen LogP contribution in [0.25, 0.3) is 11.6 Å². The summed E-state index contributed by atoms with van der Waals surface area (Å²) in [5, 5.41) is 9.33. The molecule has 0 aromatic heterocycles. The fraction of sp³-hybridized carbons (Fsp3) is 0. The van der Waals surface area contributed by atoms with E-state index in [0.717, 1.165) is 10.0 Å². The quantitative estimate of drug-likeness (QED) is 0.516. The zero-order valence-electron chi connectivity index (χ0n) is 10.0. The van der Waals surface area contributed by atoms with Gasteiger partial charge in [-0.05, 0) is 29.8 Å². The van der Waals surface area contributed by atoms with Gasteiger partial charge in [-0.1, -0.05) is 46.3 Å². The summed E-state index contributed by atoms with van der Waals surface area (Å²) in [5.74, 6) is -0.999. The highest BCUT2D eigenvalue weighted by Crippen LogP contribution is 2.24. The molecule has 0 atom stereocenters. The van der Waals surface area contributed by atoms with Crippen LogP contribution in [0.1, 0.15) is 11.1 Å². The third-order valence-corrected chi connectivity index (χ3v) is 3.19. The first kappa shape index (κ1) is 13.4. The smallest absolute Gasteiger partial charge is 0.336 e. The molecule has 0 unspecified atom stereocenters. The monoisotopic (exact) mass is 317 g/mol. The van der Waals surface area contributed by atoms with Crippen LogP contribution in [0.5, 0.6) is 0 Å². The molecular formula is C15H12BrNO2. The highest BCUT2D eigenvalue weighted by molar-refractivity contribution is 9.10. The Balaban J connectivity index is 2.50. The van der Waals surface area contributed by atoms with Crippen LogP contribution in [0.4, 0.5) is 5.69 Å². The lowest BCUT2D eigenvalue weighted by Gasteiger charge is -2.06. The van der Waals surface area contributed by atoms with E-state index in [4.69, 9.17) is 5.73 Å². The first-order valence-electron chi connectivity index (χ1n) is 5.63. The molecule has 2 rings (SSSR count). The van der Waals surface area contributed by atoms with Gasteiger partial charge in [-0.15, -0.1) is 0 Å². The minimum Gasteiger partial charge on any atom is -0.478 e. The Morgan fingerprint density at radius 3 is 2.32 bits per heavy atom. The van der Waals surface area contributed by atoms with Crippen molar-refractivity contribution in [2.75, 3.05) is 5.73 Å². The topological polar surface area (TPSA) is 63.3 Å². The summed E-state index contributed by atoms with van der Waals surface area (Å²) in [7, 11) is 0.